The van der Waals surface area contributed by atoms with E-state index in [1.165, 1.54) is 0 Å². The minimum atomic E-state index is -4.81. The van der Waals surface area contributed by atoms with Gasteiger partial charge in [-0.1, -0.05) is 0 Å². The number of carbonyl (C=O) groups is 1. The molecule has 0 aliphatic heterocycles. The number of rotatable bonds is 1. The summed E-state index contributed by atoms with van der Waals surface area (Å²) < 4.78 is 48.4. The molecule has 1 aromatic rings. The van der Waals surface area contributed by atoms with Gasteiger partial charge in [0.2, 0.25) is 5.95 Å². The normalized spacial score (nSPS) is 11.4. The Bertz CT molecular complexity index is 334. The van der Waals surface area contributed by atoms with E-state index in [0.717, 1.165) is 6.07 Å². The van der Waals surface area contributed by atoms with E-state index in [1.54, 1.807) is 0 Å². The Morgan fingerprint density at radius 3 is 2.38 bits per heavy atom. The van der Waals surface area contributed by atoms with Crippen LogP contribution < -0.4 is 0 Å². The molecule has 6 heteroatoms. The number of hydrogen-bond donors (Lipinski definition) is 0. The first-order valence-corrected chi connectivity index (χ1v) is 3.14. The molecule has 0 amide bonds. The summed E-state index contributed by atoms with van der Waals surface area (Å²) in [5, 5.41) is 0. The number of carbonyl (C=O) groups excluding carboxylic acids is 1. The summed E-state index contributed by atoms with van der Waals surface area (Å²) in [7, 11) is 0. The highest BCUT2D eigenvalue weighted by Gasteiger charge is 2.35. The first kappa shape index (κ1) is 9.63. The second-order valence-corrected chi connectivity index (χ2v) is 2.19. The maximum absolute atomic E-state index is 12.3. The summed E-state index contributed by atoms with van der Waals surface area (Å²) >= 11 is 0. The Morgan fingerprint density at radius 1 is 1.31 bits per heavy atom. The van der Waals surface area contributed by atoms with E-state index < -0.39 is 23.4 Å². The molecule has 0 spiro atoms. The summed E-state index contributed by atoms with van der Waals surface area (Å²) in [4.78, 5) is 12.7. The summed E-state index contributed by atoms with van der Waals surface area (Å²) in [5.41, 5.74) is -2.17. The van der Waals surface area contributed by atoms with Crippen LogP contribution in [0.4, 0.5) is 17.6 Å². The molecule has 0 saturated carbocycles. The van der Waals surface area contributed by atoms with Crippen LogP contribution in [0.15, 0.2) is 12.1 Å². The van der Waals surface area contributed by atoms with Crippen LogP contribution in [0.25, 0.3) is 0 Å². The van der Waals surface area contributed by atoms with Crippen molar-refractivity contribution in [1.82, 2.24) is 4.98 Å². The minimum absolute atomic E-state index is 0.0186. The third-order valence-corrected chi connectivity index (χ3v) is 1.29. The summed E-state index contributed by atoms with van der Waals surface area (Å²) in [6.07, 6.45) is -4.83. The lowest BCUT2D eigenvalue weighted by molar-refractivity contribution is -0.141. The van der Waals surface area contributed by atoms with Gasteiger partial charge in [0.25, 0.3) is 0 Å². The fourth-order valence-corrected chi connectivity index (χ4v) is 0.768. The van der Waals surface area contributed by atoms with Crippen molar-refractivity contribution in [2.24, 2.45) is 0 Å². The van der Waals surface area contributed by atoms with E-state index in [9.17, 15) is 22.4 Å². The van der Waals surface area contributed by atoms with Gasteiger partial charge in [0.15, 0.2) is 12.0 Å². The predicted molar refractivity (Wildman–Crippen MR) is 34.6 cm³/mol. The molecule has 1 heterocycles. The lowest BCUT2D eigenvalue weighted by atomic mass is 10.2. The Kier molecular flexibility index (Phi) is 2.31. The van der Waals surface area contributed by atoms with Gasteiger partial charge in [-0.15, -0.1) is 0 Å². The molecule has 0 radical (unpaired) electrons. The Labute approximate surface area is 70.2 Å². The van der Waals surface area contributed by atoms with E-state index in [2.05, 4.69) is 4.98 Å². The zero-order valence-electron chi connectivity index (χ0n) is 6.10. The molecule has 1 aromatic heterocycles. The highest BCUT2D eigenvalue weighted by molar-refractivity contribution is 5.76. The van der Waals surface area contributed by atoms with Crippen molar-refractivity contribution in [3.8, 4) is 0 Å². The number of pyridine rings is 1. The monoisotopic (exact) mass is 193 g/mol. The van der Waals surface area contributed by atoms with Crippen molar-refractivity contribution >= 4 is 6.29 Å². The summed E-state index contributed by atoms with van der Waals surface area (Å²) in [6, 6.07) is 1.43. The topological polar surface area (TPSA) is 30.0 Å². The number of halogens is 4. The highest BCUT2D eigenvalue weighted by atomic mass is 19.4. The first-order valence-electron chi connectivity index (χ1n) is 3.14. The maximum Gasteiger partial charge on any atom is 0.434 e. The molecule has 1 rings (SSSR count). The van der Waals surface area contributed by atoms with Gasteiger partial charge in [-0.05, 0) is 12.1 Å². The van der Waals surface area contributed by atoms with Crippen LogP contribution in [-0.2, 0) is 6.18 Å². The lowest BCUT2D eigenvalue weighted by Crippen LogP contribution is -2.12. The van der Waals surface area contributed by atoms with Gasteiger partial charge in [-0.2, -0.15) is 17.6 Å². The molecule has 2 nitrogen and oxygen atoms in total. The van der Waals surface area contributed by atoms with Crippen molar-refractivity contribution in [2.75, 3.05) is 0 Å². The molecular weight excluding hydrogens is 190 g/mol. The summed E-state index contributed by atoms with van der Waals surface area (Å²) in [6.45, 7) is 0. The number of hydrogen-bond acceptors (Lipinski definition) is 2. The number of aromatic nitrogens is 1. The van der Waals surface area contributed by atoms with Crippen LogP contribution >= 0.6 is 0 Å². The number of alkyl halides is 3. The highest BCUT2D eigenvalue weighted by Crippen LogP contribution is 2.29. The van der Waals surface area contributed by atoms with Gasteiger partial charge in [0.05, 0.1) is 0 Å². The molecule has 0 unspecified atom stereocenters. The van der Waals surface area contributed by atoms with Crippen LogP contribution in [0.1, 0.15) is 16.1 Å². The molecule has 70 valence electrons. The molecule has 0 aliphatic carbocycles. The Balaban J connectivity index is 3.32. The molecule has 0 N–H and O–H groups in total. The quantitative estimate of drug-likeness (QED) is 0.388. The van der Waals surface area contributed by atoms with Crippen LogP contribution in [0.2, 0.25) is 0 Å². The minimum Gasteiger partial charge on any atom is -0.298 e. The fourth-order valence-electron chi connectivity index (χ4n) is 0.768. The van der Waals surface area contributed by atoms with Crippen molar-refractivity contribution in [3.63, 3.8) is 0 Å². The van der Waals surface area contributed by atoms with Crippen LogP contribution in [0, 0.1) is 5.95 Å². The van der Waals surface area contributed by atoms with Crippen molar-refractivity contribution in [2.45, 2.75) is 6.18 Å². The standard InChI is InChI=1S/C7H3F4NO/c8-5-2-1-4(3-13)6(12-5)7(9,10)11/h1-3H. The second kappa shape index (κ2) is 3.12. The Morgan fingerprint density at radius 2 is 1.92 bits per heavy atom. The second-order valence-electron chi connectivity index (χ2n) is 2.19. The zero-order valence-corrected chi connectivity index (χ0v) is 6.10. The zero-order chi connectivity index (χ0) is 10.1. The van der Waals surface area contributed by atoms with E-state index in [4.69, 9.17) is 0 Å². The SMILES string of the molecule is O=Cc1ccc(F)nc1C(F)(F)F. The summed E-state index contributed by atoms with van der Waals surface area (Å²) in [5.74, 6) is -1.27. The molecule has 0 aliphatic rings. The van der Waals surface area contributed by atoms with Crippen molar-refractivity contribution in [1.29, 1.82) is 0 Å². The van der Waals surface area contributed by atoms with E-state index >= 15 is 0 Å². The lowest BCUT2D eigenvalue weighted by Gasteiger charge is -2.06. The number of nitrogens with zero attached hydrogens (tertiary/aromatic N) is 1. The predicted octanol–water partition coefficient (Wildman–Crippen LogP) is 2.05. The molecule has 13 heavy (non-hydrogen) atoms. The first-order chi connectivity index (χ1) is 5.95. The van der Waals surface area contributed by atoms with E-state index in [0.29, 0.717) is 6.07 Å². The van der Waals surface area contributed by atoms with Gasteiger partial charge in [-0.3, -0.25) is 4.79 Å². The smallest absolute Gasteiger partial charge is 0.298 e. The van der Waals surface area contributed by atoms with E-state index in [-0.39, 0.29) is 6.29 Å². The molecule has 0 atom stereocenters. The van der Waals surface area contributed by atoms with Gasteiger partial charge in [0, 0.05) is 5.56 Å². The van der Waals surface area contributed by atoms with Gasteiger partial charge in [-0.25, -0.2) is 4.98 Å². The molecule has 0 saturated heterocycles. The van der Waals surface area contributed by atoms with Crippen LogP contribution in [-0.4, -0.2) is 11.3 Å². The molecular formula is C7H3F4NO. The maximum atomic E-state index is 12.3. The largest absolute Gasteiger partial charge is 0.434 e. The van der Waals surface area contributed by atoms with Gasteiger partial charge in [0.1, 0.15) is 0 Å². The van der Waals surface area contributed by atoms with E-state index in [1.807, 2.05) is 0 Å². The molecule has 0 bridgehead atoms. The van der Waals surface area contributed by atoms with Gasteiger partial charge < -0.3 is 0 Å². The Hall–Kier alpha value is -1.46. The molecule has 0 aromatic carbocycles. The third-order valence-electron chi connectivity index (χ3n) is 1.29. The fraction of sp³-hybridized carbons (Fsp3) is 0.143. The third kappa shape index (κ3) is 2.01. The number of aldehydes is 1. The average molecular weight is 193 g/mol. The van der Waals surface area contributed by atoms with Crippen LogP contribution in [0.5, 0.6) is 0 Å². The van der Waals surface area contributed by atoms with Gasteiger partial charge >= 0.3 is 6.18 Å². The van der Waals surface area contributed by atoms with Crippen molar-refractivity contribution < 1.29 is 22.4 Å². The van der Waals surface area contributed by atoms with Crippen molar-refractivity contribution in [3.05, 3.63) is 29.3 Å². The van der Waals surface area contributed by atoms with Crippen LogP contribution in [0.3, 0.4) is 0 Å². The molecule has 0 fully saturated rings. The average Bonchev–Trinajstić information content (AvgIpc) is 2.03.